The number of halogens is 5. The molecule has 0 spiro atoms. The maximum atomic E-state index is 13.0. The summed E-state index contributed by atoms with van der Waals surface area (Å²) in [5.74, 6) is -1.60. The molecule has 1 unspecified atom stereocenters. The largest absolute Gasteiger partial charge is 0.593 e. The van der Waals surface area contributed by atoms with Gasteiger partial charge in [0.1, 0.15) is 17.3 Å². The highest BCUT2D eigenvalue weighted by Crippen LogP contribution is 2.40. The second-order valence-corrected chi connectivity index (χ2v) is 8.02. The predicted octanol–water partition coefficient (Wildman–Crippen LogP) is 3.10. The zero-order valence-electron chi connectivity index (χ0n) is 15.0. The summed E-state index contributed by atoms with van der Waals surface area (Å²) in [5, 5.41) is 10.8. The number of nitrogens with one attached hydrogen (secondary N) is 1. The number of benzene rings is 1. The number of nitrogen functional groups attached to an aromatic ring is 2. The number of rotatable bonds is 5. The Bertz CT molecular complexity index is 959. The first kappa shape index (κ1) is 23.1. The molecule has 1 aromatic heterocycles. The van der Waals surface area contributed by atoms with Crippen molar-refractivity contribution in [2.75, 3.05) is 15.8 Å². The number of alkyl halides is 3. The van der Waals surface area contributed by atoms with Crippen LogP contribution in [0, 0.1) is 5.41 Å². The van der Waals surface area contributed by atoms with E-state index in [0.717, 1.165) is 15.9 Å². The van der Waals surface area contributed by atoms with Crippen LogP contribution < -0.4 is 15.8 Å². The van der Waals surface area contributed by atoms with Crippen molar-refractivity contribution >= 4 is 57.8 Å². The molecule has 1 atom stereocenters. The number of carbonyl (C=O) groups excluding carboxylic acids is 1. The predicted molar refractivity (Wildman–Crippen MR) is 106 cm³/mol. The fraction of sp³-hybridized carbons (Fsp3) is 0.267. The normalized spacial score (nSPS) is 12.7. The number of nitrogens with zero attached hydrogens (tertiary/aromatic N) is 3. The van der Waals surface area contributed by atoms with Crippen LogP contribution in [0.2, 0.25) is 10.0 Å². The molecule has 158 valence electrons. The van der Waals surface area contributed by atoms with E-state index >= 15 is 0 Å². The van der Waals surface area contributed by atoms with E-state index in [1.54, 1.807) is 6.92 Å². The van der Waals surface area contributed by atoms with Gasteiger partial charge >= 0.3 is 6.18 Å². The van der Waals surface area contributed by atoms with E-state index < -0.39 is 44.9 Å². The molecule has 1 amide bonds. The lowest BCUT2D eigenvalue weighted by Crippen LogP contribution is -2.38. The molecule has 0 bridgehead atoms. The molecular formula is C15H15Cl2F3N6O2S. The second-order valence-electron chi connectivity index (χ2n) is 5.62. The first-order chi connectivity index (χ1) is 13.3. The van der Waals surface area contributed by atoms with E-state index in [-0.39, 0.29) is 28.6 Å². The van der Waals surface area contributed by atoms with Crippen molar-refractivity contribution in [1.82, 2.24) is 9.78 Å². The first-order valence-corrected chi connectivity index (χ1v) is 9.83. The minimum Gasteiger partial charge on any atom is -0.593 e. The molecule has 0 saturated carbocycles. The summed E-state index contributed by atoms with van der Waals surface area (Å²) < 4.78 is 52.9. The minimum atomic E-state index is -4.69. The fourth-order valence-corrected chi connectivity index (χ4v) is 4.01. The summed E-state index contributed by atoms with van der Waals surface area (Å²) >= 11 is 10.1. The van der Waals surface area contributed by atoms with Gasteiger partial charge in [0.2, 0.25) is 0 Å². The quantitative estimate of drug-likeness (QED) is 0.350. The molecule has 0 aliphatic carbocycles. The van der Waals surface area contributed by atoms with Crippen molar-refractivity contribution in [2.45, 2.75) is 20.0 Å². The lowest BCUT2D eigenvalue weighted by molar-refractivity contribution is -0.137. The van der Waals surface area contributed by atoms with Crippen molar-refractivity contribution in [1.29, 1.82) is 5.41 Å². The van der Waals surface area contributed by atoms with Crippen LogP contribution in [0.4, 0.5) is 24.7 Å². The Morgan fingerprint density at radius 2 is 1.90 bits per heavy atom. The molecule has 0 saturated heterocycles. The van der Waals surface area contributed by atoms with Crippen LogP contribution in [-0.4, -0.2) is 31.8 Å². The molecule has 1 aromatic carbocycles. The summed E-state index contributed by atoms with van der Waals surface area (Å²) in [6, 6.07) is 1.26. The number of anilines is 2. The SMILES string of the molecule is CC[S+]([O-])N(C(C)=O)c1c(C(=N)N)nn(-c2c(Cl)cc(C(F)(F)F)cc2Cl)c1N. The van der Waals surface area contributed by atoms with Crippen LogP contribution in [0.15, 0.2) is 12.1 Å². The van der Waals surface area contributed by atoms with Gasteiger partial charge in [-0.05, 0) is 19.1 Å². The van der Waals surface area contributed by atoms with Crippen molar-refractivity contribution in [3.05, 3.63) is 33.4 Å². The molecular weight excluding hydrogens is 456 g/mol. The smallest absolute Gasteiger partial charge is 0.416 e. The third-order valence-electron chi connectivity index (χ3n) is 3.65. The Morgan fingerprint density at radius 1 is 1.38 bits per heavy atom. The van der Waals surface area contributed by atoms with E-state index in [9.17, 15) is 22.5 Å². The molecule has 0 radical (unpaired) electrons. The molecule has 8 nitrogen and oxygen atoms in total. The van der Waals surface area contributed by atoms with Gasteiger partial charge in [0, 0.05) is 6.92 Å². The Hall–Kier alpha value is -2.15. The molecule has 0 aliphatic rings. The van der Waals surface area contributed by atoms with Gasteiger partial charge in [-0.25, -0.2) is 4.68 Å². The average molecular weight is 471 g/mol. The summed E-state index contributed by atoms with van der Waals surface area (Å²) in [5.41, 5.74) is 9.69. The maximum absolute atomic E-state index is 13.0. The molecule has 2 aromatic rings. The average Bonchev–Trinajstić information content (AvgIpc) is 2.91. The summed E-state index contributed by atoms with van der Waals surface area (Å²) in [4.78, 5) is 12.1. The fourth-order valence-electron chi connectivity index (χ4n) is 2.44. The zero-order chi connectivity index (χ0) is 22.3. The van der Waals surface area contributed by atoms with Crippen molar-refractivity contribution < 1.29 is 22.5 Å². The van der Waals surface area contributed by atoms with Gasteiger partial charge in [0.25, 0.3) is 5.91 Å². The van der Waals surface area contributed by atoms with Crippen LogP contribution in [0.1, 0.15) is 25.1 Å². The zero-order valence-corrected chi connectivity index (χ0v) is 17.3. The number of nitrogens with two attached hydrogens (primary N) is 2. The van der Waals surface area contributed by atoms with E-state index in [4.69, 9.17) is 40.1 Å². The minimum absolute atomic E-state index is 0.0311. The second kappa shape index (κ2) is 8.30. The number of amidine groups is 1. The van der Waals surface area contributed by atoms with Crippen LogP contribution >= 0.6 is 23.2 Å². The highest BCUT2D eigenvalue weighted by atomic mass is 35.5. The number of carbonyl (C=O) groups is 1. The van der Waals surface area contributed by atoms with Gasteiger partial charge in [-0.15, -0.1) is 4.31 Å². The van der Waals surface area contributed by atoms with Crippen molar-refractivity contribution in [3.63, 3.8) is 0 Å². The molecule has 29 heavy (non-hydrogen) atoms. The molecule has 2 rings (SSSR count). The van der Waals surface area contributed by atoms with Gasteiger partial charge in [0.15, 0.2) is 17.2 Å². The number of hydrogen-bond acceptors (Lipinski definition) is 5. The monoisotopic (exact) mass is 470 g/mol. The first-order valence-electron chi connectivity index (χ1n) is 7.79. The Morgan fingerprint density at radius 3 is 2.28 bits per heavy atom. The molecule has 14 heteroatoms. The Kier molecular flexibility index (Phi) is 6.62. The lowest BCUT2D eigenvalue weighted by Gasteiger charge is -2.22. The Labute approximate surface area is 176 Å². The number of amides is 1. The van der Waals surface area contributed by atoms with Crippen molar-refractivity contribution in [3.8, 4) is 5.69 Å². The third-order valence-corrected chi connectivity index (χ3v) is 5.56. The van der Waals surface area contributed by atoms with Crippen LogP contribution in [-0.2, 0) is 22.3 Å². The molecule has 5 N–H and O–H groups in total. The molecule has 0 fully saturated rings. The maximum Gasteiger partial charge on any atom is 0.416 e. The molecule has 1 heterocycles. The summed E-state index contributed by atoms with van der Waals surface area (Å²) in [6.45, 7) is 2.66. The van der Waals surface area contributed by atoms with Crippen LogP contribution in [0.3, 0.4) is 0 Å². The topological polar surface area (TPSA) is 137 Å². The highest BCUT2D eigenvalue weighted by Gasteiger charge is 2.36. The van der Waals surface area contributed by atoms with E-state index in [0.29, 0.717) is 12.1 Å². The highest BCUT2D eigenvalue weighted by molar-refractivity contribution is 7.93. The lowest BCUT2D eigenvalue weighted by atomic mass is 10.2. The standard InChI is InChI=1S/C15H15Cl2F3N6O2S/c1-3-29(28)26(6(2)27)12-10(13(21)22)24-25(14(12)23)11-8(16)4-7(5-9(11)17)15(18,19)20/h4-5H,3,23H2,1-2H3,(H3,21,22). The van der Waals surface area contributed by atoms with Crippen molar-refractivity contribution in [2.24, 2.45) is 5.73 Å². The number of aromatic nitrogens is 2. The Balaban J connectivity index is 2.81. The van der Waals surface area contributed by atoms with Crippen LogP contribution in [0.5, 0.6) is 0 Å². The van der Waals surface area contributed by atoms with Gasteiger partial charge in [0.05, 0.1) is 27.0 Å². The van der Waals surface area contributed by atoms with Crippen LogP contribution in [0.25, 0.3) is 5.69 Å². The molecule has 0 aliphatic heterocycles. The number of hydrogen-bond donors (Lipinski definition) is 3. The van der Waals surface area contributed by atoms with Gasteiger partial charge in [-0.2, -0.15) is 18.3 Å². The van der Waals surface area contributed by atoms with E-state index in [1.165, 1.54) is 0 Å². The van der Waals surface area contributed by atoms with E-state index in [2.05, 4.69) is 5.10 Å². The summed E-state index contributed by atoms with van der Waals surface area (Å²) in [7, 11) is 0. The van der Waals surface area contributed by atoms with Gasteiger partial charge in [-0.3, -0.25) is 10.2 Å². The summed E-state index contributed by atoms with van der Waals surface area (Å²) in [6.07, 6.45) is -4.69. The van der Waals surface area contributed by atoms with Gasteiger partial charge < -0.3 is 16.0 Å². The third kappa shape index (κ3) is 4.39. The van der Waals surface area contributed by atoms with Gasteiger partial charge in [-0.1, -0.05) is 23.2 Å². The van der Waals surface area contributed by atoms with E-state index in [1.807, 2.05) is 0 Å².